The van der Waals surface area contributed by atoms with Gasteiger partial charge in [-0.25, -0.2) is 0 Å². The average Bonchev–Trinajstić information content (AvgIpc) is 2.37. The summed E-state index contributed by atoms with van der Waals surface area (Å²) < 4.78 is 5.25. The molecule has 0 aliphatic rings. The van der Waals surface area contributed by atoms with Gasteiger partial charge >= 0.3 is 0 Å². The zero-order valence-electron chi connectivity index (χ0n) is 11.1. The topological polar surface area (TPSA) is 64.3 Å². The van der Waals surface area contributed by atoms with Gasteiger partial charge in [-0.1, -0.05) is 18.2 Å². The van der Waals surface area contributed by atoms with Crippen molar-refractivity contribution in [2.45, 2.75) is 32.2 Å². The summed E-state index contributed by atoms with van der Waals surface area (Å²) in [7, 11) is 1.65. The van der Waals surface area contributed by atoms with Crippen molar-refractivity contribution in [2.75, 3.05) is 13.7 Å². The van der Waals surface area contributed by atoms with E-state index >= 15 is 0 Å². The van der Waals surface area contributed by atoms with Gasteiger partial charge in [-0.15, -0.1) is 0 Å². The number of nitrogens with two attached hydrogens (primary N) is 1. The van der Waals surface area contributed by atoms with Crippen LogP contribution in [0, 0.1) is 0 Å². The molecular weight excluding hydrogens is 228 g/mol. The lowest BCUT2D eigenvalue weighted by molar-refractivity contribution is -0.121. The van der Waals surface area contributed by atoms with Crippen molar-refractivity contribution in [1.29, 1.82) is 0 Å². The molecule has 0 radical (unpaired) electrons. The number of amides is 1. The molecule has 0 aliphatic heterocycles. The van der Waals surface area contributed by atoms with Crippen LogP contribution in [-0.2, 0) is 11.2 Å². The molecule has 1 unspecified atom stereocenters. The standard InChI is InChI=1S/C14H22N2O2/c1-11(15)7-8-14(17)16-10-9-12-5-3-4-6-13(12)18-2/h3-6,11H,7-10,15H2,1-2H3,(H,16,17). The molecule has 0 spiro atoms. The van der Waals surface area contributed by atoms with E-state index in [1.807, 2.05) is 31.2 Å². The number of hydrogen-bond donors (Lipinski definition) is 2. The maximum absolute atomic E-state index is 11.5. The van der Waals surface area contributed by atoms with E-state index in [9.17, 15) is 4.79 Å². The quantitative estimate of drug-likeness (QED) is 0.770. The molecule has 0 fully saturated rings. The van der Waals surface area contributed by atoms with Gasteiger partial charge in [0, 0.05) is 19.0 Å². The van der Waals surface area contributed by atoms with Crippen LogP contribution >= 0.6 is 0 Å². The number of ether oxygens (including phenoxy) is 1. The van der Waals surface area contributed by atoms with Gasteiger partial charge in [-0.05, 0) is 31.4 Å². The van der Waals surface area contributed by atoms with Crippen molar-refractivity contribution >= 4 is 5.91 Å². The SMILES string of the molecule is COc1ccccc1CCNC(=O)CCC(C)N. The maximum Gasteiger partial charge on any atom is 0.220 e. The fraction of sp³-hybridized carbons (Fsp3) is 0.500. The number of hydrogen-bond acceptors (Lipinski definition) is 3. The van der Waals surface area contributed by atoms with Gasteiger partial charge in [0.05, 0.1) is 7.11 Å². The van der Waals surface area contributed by atoms with Crippen LogP contribution in [0.5, 0.6) is 5.75 Å². The summed E-state index contributed by atoms with van der Waals surface area (Å²) >= 11 is 0. The van der Waals surface area contributed by atoms with Crippen LogP contribution in [0.3, 0.4) is 0 Å². The molecule has 4 nitrogen and oxygen atoms in total. The van der Waals surface area contributed by atoms with Gasteiger partial charge < -0.3 is 15.8 Å². The van der Waals surface area contributed by atoms with Crippen LogP contribution < -0.4 is 15.8 Å². The molecular formula is C14H22N2O2. The monoisotopic (exact) mass is 250 g/mol. The third-order valence-electron chi connectivity index (χ3n) is 2.74. The molecule has 0 heterocycles. The van der Waals surface area contributed by atoms with Crippen LogP contribution in [0.4, 0.5) is 0 Å². The minimum absolute atomic E-state index is 0.0576. The smallest absolute Gasteiger partial charge is 0.220 e. The summed E-state index contributed by atoms with van der Waals surface area (Å²) in [6, 6.07) is 7.91. The first-order valence-corrected chi connectivity index (χ1v) is 6.27. The zero-order valence-corrected chi connectivity index (χ0v) is 11.1. The van der Waals surface area contributed by atoms with Crippen molar-refractivity contribution in [3.8, 4) is 5.75 Å². The van der Waals surface area contributed by atoms with E-state index in [0.29, 0.717) is 13.0 Å². The van der Waals surface area contributed by atoms with Crippen molar-refractivity contribution < 1.29 is 9.53 Å². The number of carbonyl (C=O) groups excluding carboxylic acids is 1. The summed E-state index contributed by atoms with van der Waals surface area (Å²) in [5.41, 5.74) is 6.71. The molecule has 1 aromatic carbocycles. The molecule has 3 N–H and O–H groups in total. The lowest BCUT2D eigenvalue weighted by atomic mass is 10.1. The molecule has 1 amide bonds. The van der Waals surface area contributed by atoms with Gasteiger partial charge in [0.2, 0.25) is 5.91 Å². The normalized spacial score (nSPS) is 11.9. The molecule has 0 saturated heterocycles. The third kappa shape index (κ3) is 5.19. The van der Waals surface area contributed by atoms with Gasteiger partial charge in [-0.3, -0.25) is 4.79 Å². The van der Waals surface area contributed by atoms with Crippen molar-refractivity contribution in [2.24, 2.45) is 5.73 Å². The van der Waals surface area contributed by atoms with E-state index in [0.717, 1.165) is 24.2 Å². The first kappa shape index (κ1) is 14.5. The Hall–Kier alpha value is -1.55. The average molecular weight is 250 g/mol. The largest absolute Gasteiger partial charge is 0.496 e. The number of para-hydroxylation sites is 1. The highest BCUT2D eigenvalue weighted by atomic mass is 16.5. The molecule has 0 saturated carbocycles. The lowest BCUT2D eigenvalue weighted by Gasteiger charge is -2.09. The van der Waals surface area contributed by atoms with Crippen molar-refractivity contribution in [3.05, 3.63) is 29.8 Å². The van der Waals surface area contributed by atoms with E-state index in [2.05, 4.69) is 5.32 Å². The van der Waals surface area contributed by atoms with Gasteiger partial charge in [0.1, 0.15) is 5.75 Å². The summed E-state index contributed by atoms with van der Waals surface area (Å²) in [5, 5.41) is 2.89. The highest BCUT2D eigenvalue weighted by molar-refractivity contribution is 5.75. The predicted molar refractivity (Wildman–Crippen MR) is 72.6 cm³/mol. The predicted octanol–water partition coefficient (Wildman–Crippen LogP) is 1.48. The van der Waals surface area contributed by atoms with Gasteiger partial charge in [0.15, 0.2) is 0 Å². The minimum Gasteiger partial charge on any atom is -0.496 e. The second-order valence-electron chi connectivity index (χ2n) is 4.43. The third-order valence-corrected chi connectivity index (χ3v) is 2.74. The van der Waals surface area contributed by atoms with Crippen LogP contribution in [0.1, 0.15) is 25.3 Å². The van der Waals surface area contributed by atoms with E-state index in [4.69, 9.17) is 10.5 Å². The Bertz CT molecular complexity index is 378. The Balaban J connectivity index is 2.31. The molecule has 0 bridgehead atoms. The molecule has 1 rings (SSSR count). The molecule has 1 atom stereocenters. The summed E-state index contributed by atoms with van der Waals surface area (Å²) in [6.07, 6.45) is 1.98. The maximum atomic E-state index is 11.5. The van der Waals surface area contributed by atoms with Gasteiger partial charge in [0.25, 0.3) is 0 Å². The number of rotatable bonds is 7. The highest BCUT2D eigenvalue weighted by Crippen LogP contribution is 2.17. The first-order chi connectivity index (χ1) is 8.63. The highest BCUT2D eigenvalue weighted by Gasteiger charge is 2.04. The molecule has 1 aromatic rings. The molecule has 18 heavy (non-hydrogen) atoms. The Morgan fingerprint density at radius 2 is 2.17 bits per heavy atom. The number of benzene rings is 1. The summed E-state index contributed by atoms with van der Waals surface area (Å²) in [6.45, 7) is 2.53. The summed E-state index contributed by atoms with van der Waals surface area (Å²) in [4.78, 5) is 11.5. The Labute approximate surface area is 109 Å². The van der Waals surface area contributed by atoms with Crippen molar-refractivity contribution in [3.63, 3.8) is 0 Å². The van der Waals surface area contributed by atoms with E-state index in [-0.39, 0.29) is 11.9 Å². The summed E-state index contributed by atoms with van der Waals surface area (Å²) in [5.74, 6) is 0.921. The number of methoxy groups -OCH3 is 1. The van der Waals surface area contributed by atoms with Crippen molar-refractivity contribution in [1.82, 2.24) is 5.32 Å². The number of carbonyl (C=O) groups is 1. The molecule has 0 aliphatic carbocycles. The second-order valence-corrected chi connectivity index (χ2v) is 4.43. The van der Waals surface area contributed by atoms with Crippen LogP contribution in [0.15, 0.2) is 24.3 Å². The van der Waals surface area contributed by atoms with E-state index in [1.54, 1.807) is 7.11 Å². The Morgan fingerprint density at radius 1 is 1.44 bits per heavy atom. The van der Waals surface area contributed by atoms with E-state index in [1.165, 1.54) is 0 Å². The molecule has 0 aromatic heterocycles. The minimum atomic E-state index is 0.0576. The fourth-order valence-corrected chi connectivity index (χ4v) is 1.69. The fourth-order valence-electron chi connectivity index (χ4n) is 1.69. The van der Waals surface area contributed by atoms with Crippen LogP contribution in [0.25, 0.3) is 0 Å². The first-order valence-electron chi connectivity index (χ1n) is 6.27. The Kier molecular flexibility index (Phi) is 6.22. The lowest BCUT2D eigenvalue weighted by Crippen LogP contribution is -2.27. The van der Waals surface area contributed by atoms with E-state index < -0.39 is 0 Å². The van der Waals surface area contributed by atoms with Gasteiger partial charge in [-0.2, -0.15) is 0 Å². The number of nitrogens with one attached hydrogen (secondary N) is 1. The second kappa shape index (κ2) is 7.71. The van der Waals surface area contributed by atoms with Crippen LogP contribution in [0.2, 0.25) is 0 Å². The zero-order chi connectivity index (χ0) is 13.4. The molecule has 100 valence electrons. The van der Waals surface area contributed by atoms with Crippen LogP contribution in [-0.4, -0.2) is 25.6 Å². The Morgan fingerprint density at radius 3 is 2.83 bits per heavy atom. The molecule has 4 heteroatoms.